The molecule has 0 saturated carbocycles. The Hall–Kier alpha value is -1.32. The van der Waals surface area contributed by atoms with Gasteiger partial charge in [0.2, 0.25) is 5.91 Å². The van der Waals surface area contributed by atoms with E-state index in [1.807, 2.05) is 0 Å². The Morgan fingerprint density at radius 1 is 1.44 bits per heavy atom. The van der Waals surface area contributed by atoms with Gasteiger partial charge < -0.3 is 9.64 Å². The van der Waals surface area contributed by atoms with Gasteiger partial charge in [-0.15, -0.1) is 0 Å². The average molecular weight is 225 g/mol. The molecule has 1 aliphatic heterocycles. The highest BCUT2D eigenvalue weighted by Gasteiger charge is 2.23. The molecule has 0 spiro atoms. The van der Waals surface area contributed by atoms with E-state index < -0.39 is 12.2 Å². The van der Waals surface area contributed by atoms with Crippen LogP contribution < -0.4 is 0 Å². The van der Waals surface area contributed by atoms with Crippen LogP contribution >= 0.6 is 0 Å². The van der Waals surface area contributed by atoms with Gasteiger partial charge in [-0.2, -0.15) is 0 Å². The van der Waals surface area contributed by atoms with E-state index in [1.54, 1.807) is 24.8 Å². The molecule has 1 unspecified atom stereocenters. The number of ether oxygens (including phenoxy) is 1. The molecule has 1 atom stereocenters. The Morgan fingerprint density at radius 2 is 2.19 bits per heavy atom. The van der Waals surface area contributed by atoms with Crippen LogP contribution in [0, 0.1) is 0 Å². The van der Waals surface area contributed by atoms with Crippen molar-refractivity contribution in [2.45, 2.75) is 45.8 Å². The second-order valence-corrected chi connectivity index (χ2v) is 3.93. The van der Waals surface area contributed by atoms with Crippen molar-refractivity contribution in [2.75, 3.05) is 6.54 Å². The Morgan fingerprint density at radius 3 is 2.88 bits per heavy atom. The smallest absolute Gasteiger partial charge is 0.332 e. The molecule has 0 aromatic carbocycles. The van der Waals surface area contributed by atoms with Gasteiger partial charge >= 0.3 is 5.97 Å². The standard InChI is InChI=1S/C12H19NO3/c1-3-7-12(15)16-10(2)13-9-6-4-5-8-11(13)14/h3,7,10H,4-6,8-9H2,1-2H3/b7-3-. The largest absolute Gasteiger partial charge is 0.439 e. The summed E-state index contributed by atoms with van der Waals surface area (Å²) in [5, 5.41) is 0. The first-order valence-electron chi connectivity index (χ1n) is 5.78. The maximum absolute atomic E-state index is 11.7. The number of carbonyl (C=O) groups is 2. The predicted octanol–water partition coefficient (Wildman–Crippen LogP) is 1.85. The van der Waals surface area contributed by atoms with Gasteiger partial charge in [0.05, 0.1) is 0 Å². The molecule has 16 heavy (non-hydrogen) atoms. The van der Waals surface area contributed by atoms with Crippen molar-refractivity contribution in [1.29, 1.82) is 0 Å². The summed E-state index contributed by atoms with van der Waals surface area (Å²) in [7, 11) is 0. The van der Waals surface area contributed by atoms with Gasteiger partial charge in [0.25, 0.3) is 0 Å². The first-order chi connectivity index (χ1) is 7.65. The number of nitrogens with zero attached hydrogens (tertiary/aromatic N) is 1. The molecule has 1 amide bonds. The lowest BCUT2D eigenvalue weighted by Gasteiger charge is -2.27. The minimum absolute atomic E-state index is 0.0817. The van der Waals surface area contributed by atoms with E-state index in [2.05, 4.69) is 0 Å². The lowest BCUT2D eigenvalue weighted by molar-refractivity contribution is -0.158. The van der Waals surface area contributed by atoms with Crippen LogP contribution in [-0.4, -0.2) is 29.5 Å². The monoisotopic (exact) mass is 225 g/mol. The molecule has 1 fully saturated rings. The molecule has 0 aromatic rings. The van der Waals surface area contributed by atoms with Crippen LogP contribution in [-0.2, 0) is 14.3 Å². The lowest BCUT2D eigenvalue weighted by Crippen LogP contribution is -2.40. The lowest BCUT2D eigenvalue weighted by atomic mass is 10.2. The second kappa shape index (κ2) is 6.30. The van der Waals surface area contributed by atoms with Crippen LogP contribution in [0.1, 0.15) is 39.5 Å². The zero-order valence-corrected chi connectivity index (χ0v) is 9.94. The topological polar surface area (TPSA) is 46.6 Å². The maximum Gasteiger partial charge on any atom is 0.332 e. The molecular weight excluding hydrogens is 206 g/mol. The molecule has 0 bridgehead atoms. The third kappa shape index (κ3) is 3.68. The Balaban J connectivity index is 2.53. The zero-order valence-electron chi connectivity index (χ0n) is 9.94. The molecule has 0 aliphatic carbocycles. The molecule has 4 nitrogen and oxygen atoms in total. The van der Waals surface area contributed by atoms with Crippen LogP contribution in [0.2, 0.25) is 0 Å². The summed E-state index contributed by atoms with van der Waals surface area (Å²) in [5.74, 6) is -0.315. The van der Waals surface area contributed by atoms with E-state index in [4.69, 9.17) is 4.74 Å². The number of likely N-dealkylation sites (tertiary alicyclic amines) is 1. The van der Waals surface area contributed by atoms with Crippen molar-refractivity contribution in [3.63, 3.8) is 0 Å². The summed E-state index contributed by atoms with van der Waals surface area (Å²) in [6.07, 6.45) is 6.07. The summed E-state index contributed by atoms with van der Waals surface area (Å²) in [4.78, 5) is 24.6. The minimum atomic E-state index is -0.464. The Bertz CT molecular complexity index is 286. The number of allylic oxidation sites excluding steroid dienone is 1. The highest BCUT2D eigenvalue weighted by molar-refractivity contribution is 5.82. The van der Waals surface area contributed by atoms with Gasteiger partial charge in [-0.3, -0.25) is 4.79 Å². The average Bonchev–Trinajstić information content (AvgIpc) is 2.43. The number of amides is 1. The Kier molecular flexibility index (Phi) is 5.02. The molecule has 1 saturated heterocycles. The normalized spacial score (nSPS) is 19.6. The number of esters is 1. The van der Waals surface area contributed by atoms with Crippen LogP contribution in [0.3, 0.4) is 0 Å². The van der Waals surface area contributed by atoms with Gasteiger partial charge in [-0.1, -0.05) is 12.5 Å². The number of hydrogen-bond donors (Lipinski definition) is 0. The quantitative estimate of drug-likeness (QED) is 0.544. The van der Waals surface area contributed by atoms with Crippen LogP contribution in [0.25, 0.3) is 0 Å². The zero-order chi connectivity index (χ0) is 12.0. The SMILES string of the molecule is C/C=C\C(=O)OC(C)N1CCCCCC1=O. The molecule has 1 aliphatic rings. The third-order valence-electron chi connectivity index (χ3n) is 2.64. The van der Waals surface area contributed by atoms with E-state index in [0.29, 0.717) is 13.0 Å². The molecule has 1 heterocycles. The molecule has 0 radical (unpaired) electrons. The van der Waals surface area contributed by atoms with Crippen LogP contribution in [0.5, 0.6) is 0 Å². The number of rotatable bonds is 3. The first-order valence-corrected chi connectivity index (χ1v) is 5.78. The van der Waals surface area contributed by atoms with Crippen molar-refractivity contribution in [3.05, 3.63) is 12.2 Å². The minimum Gasteiger partial charge on any atom is -0.439 e. The van der Waals surface area contributed by atoms with Crippen molar-refractivity contribution >= 4 is 11.9 Å². The second-order valence-electron chi connectivity index (χ2n) is 3.93. The molecule has 4 heteroatoms. The first kappa shape index (κ1) is 12.7. The van der Waals surface area contributed by atoms with Gasteiger partial charge in [0, 0.05) is 19.0 Å². The highest BCUT2D eigenvalue weighted by atomic mass is 16.6. The summed E-state index contributed by atoms with van der Waals surface area (Å²) in [6.45, 7) is 4.18. The van der Waals surface area contributed by atoms with Gasteiger partial charge in [0.15, 0.2) is 6.23 Å². The summed E-state index contributed by atoms with van der Waals surface area (Å²) < 4.78 is 5.14. The number of carbonyl (C=O) groups excluding carboxylic acids is 2. The van der Waals surface area contributed by atoms with E-state index in [1.165, 1.54) is 6.08 Å². The van der Waals surface area contributed by atoms with E-state index in [-0.39, 0.29) is 5.91 Å². The molecular formula is C12H19NO3. The van der Waals surface area contributed by atoms with Gasteiger partial charge in [-0.25, -0.2) is 4.79 Å². The highest BCUT2D eigenvalue weighted by Crippen LogP contribution is 2.14. The van der Waals surface area contributed by atoms with E-state index in [0.717, 1.165) is 19.3 Å². The fraction of sp³-hybridized carbons (Fsp3) is 0.667. The maximum atomic E-state index is 11.7. The van der Waals surface area contributed by atoms with Crippen molar-refractivity contribution in [1.82, 2.24) is 4.90 Å². The van der Waals surface area contributed by atoms with Crippen LogP contribution in [0.4, 0.5) is 0 Å². The molecule has 90 valence electrons. The van der Waals surface area contributed by atoms with E-state index >= 15 is 0 Å². The number of hydrogen-bond acceptors (Lipinski definition) is 3. The molecule has 0 N–H and O–H groups in total. The fourth-order valence-corrected chi connectivity index (χ4v) is 1.80. The van der Waals surface area contributed by atoms with Crippen molar-refractivity contribution in [2.24, 2.45) is 0 Å². The Labute approximate surface area is 96.3 Å². The van der Waals surface area contributed by atoms with Crippen molar-refractivity contribution < 1.29 is 14.3 Å². The third-order valence-corrected chi connectivity index (χ3v) is 2.64. The molecule has 0 aromatic heterocycles. The fourth-order valence-electron chi connectivity index (χ4n) is 1.80. The summed E-state index contributed by atoms with van der Waals surface area (Å²) >= 11 is 0. The predicted molar refractivity (Wildman–Crippen MR) is 60.5 cm³/mol. The van der Waals surface area contributed by atoms with Gasteiger partial charge in [0.1, 0.15) is 0 Å². The van der Waals surface area contributed by atoms with Crippen molar-refractivity contribution in [3.8, 4) is 0 Å². The molecule has 1 rings (SSSR count). The van der Waals surface area contributed by atoms with Crippen LogP contribution in [0.15, 0.2) is 12.2 Å². The van der Waals surface area contributed by atoms with Gasteiger partial charge in [-0.05, 0) is 26.7 Å². The van der Waals surface area contributed by atoms with E-state index in [9.17, 15) is 9.59 Å². The summed E-state index contributed by atoms with van der Waals surface area (Å²) in [5.41, 5.74) is 0. The summed E-state index contributed by atoms with van der Waals surface area (Å²) in [6, 6.07) is 0.